The minimum atomic E-state index is 0.284. The van der Waals surface area contributed by atoms with Crippen LogP contribution >= 0.6 is 16.3 Å². The van der Waals surface area contributed by atoms with E-state index >= 15 is 0 Å². The van der Waals surface area contributed by atoms with Gasteiger partial charge < -0.3 is 15.0 Å². The van der Waals surface area contributed by atoms with Crippen molar-refractivity contribution < 1.29 is 9.30 Å². The van der Waals surface area contributed by atoms with Crippen LogP contribution in [0.5, 0.6) is 5.75 Å². The fraction of sp³-hybridized carbons (Fsp3) is 0.143. The van der Waals surface area contributed by atoms with Crippen molar-refractivity contribution in [1.29, 1.82) is 0 Å². The van der Waals surface area contributed by atoms with E-state index in [-0.39, 0.29) is 5.75 Å². The first-order valence-electron chi connectivity index (χ1n) is 2.98. The van der Waals surface area contributed by atoms with Crippen molar-refractivity contribution in [3.8, 4) is 5.75 Å². The average Bonchev–Trinajstić information content (AvgIpc) is 2.10. The molecule has 0 heterocycles. The minimum Gasteiger partial charge on any atom is -0.508 e. The predicted octanol–water partition coefficient (Wildman–Crippen LogP) is 1.14. The van der Waals surface area contributed by atoms with Crippen LogP contribution in [0.1, 0.15) is 5.56 Å². The zero-order valence-corrected chi connectivity index (χ0v) is 7.45. The summed E-state index contributed by atoms with van der Waals surface area (Å²) in [5, 5.41) is 8.81. The van der Waals surface area contributed by atoms with Gasteiger partial charge in [-0.2, -0.15) is 0 Å². The minimum absolute atomic E-state index is 0.284. The largest absolute Gasteiger partial charge is 0.508 e. The molecule has 3 nitrogen and oxygen atoms in total. The van der Waals surface area contributed by atoms with E-state index in [0.717, 1.165) is 5.56 Å². The normalized spacial score (nSPS) is 8.27. The number of rotatable bonds is 1. The van der Waals surface area contributed by atoms with Crippen molar-refractivity contribution in [3.05, 3.63) is 29.8 Å². The summed E-state index contributed by atoms with van der Waals surface area (Å²) < 4.78 is 6.81. The van der Waals surface area contributed by atoms with Crippen molar-refractivity contribution in [3.63, 3.8) is 0 Å². The molecule has 0 aliphatic heterocycles. The molecule has 4 heteroatoms. The lowest BCUT2D eigenvalue weighted by Gasteiger charge is -1.93. The molecule has 0 aliphatic carbocycles. The first kappa shape index (κ1) is 10.4. The monoisotopic (exact) mass is 219 g/mol. The van der Waals surface area contributed by atoms with Crippen LogP contribution < -0.4 is 5.73 Å². The number of phenols is 1. The second-order valence-electron chi connectivity index (χ2n) is 1.87. The number of halogens is 1. The van der Waals surface area contributed by atoms with Crippen molar-refractivity contribution in [2.75, 3.05) is 0 Å². The summed E-state index contributed by atoms with van der Waals surface area (Å²) in [5.41, 5.74) is 6.35. The number of phenolic OH excluding ortho intramolecular Hbond substituents is 1. The Balaban J connectivity index is 0.000000461. The topological polar surface area (TPSA) is 66.5 Å². The molecule has 0 bridgehead atoms. The van der Waals surface area contributed by atoms with Gasteiger partial charge in [-0.3, -0.25) is 0 Å². The lowest BCUT2D eigenvalue weighted by Crippen LogP contribution is -1.94. The molecule has 4 N–H and O–H groups in total. The zero-order valence-electron chi connectivity index (χ0n) is 5.87. The van der Waals surface area contributed by atoms with Crippen LogP contribution in [0.15, 0.2) is 24.3 Å². The fourth-order valence-corrected chi connectivity index (χ4v) is 0.632. The maximum Gasteiger partial charge on any atom is 0.115 e. The van der Waals surface area contributed by atoms with Crippen LogP contribution in [-0.2, 0) is 6.54 Å². The standard InChI is InChI=1S/C7H9NO.BrHO/c8-5-6-1-3-7(9)4-2-6;1-2/h1-4,9H,5,8H2;2H. The predicted molar refractivity (Wildman–Crippen MR) is 47.1 cm³/mol. The van der Waals surface area contributed by atoms with Gasteiger partial charge in [0.2, 0.25) is 0 Å². The SMILES string of the molecule is NCc1ccc(O)cc1.OBr. The van der Waals surface area contributed by atoms with Gasteiger partial charge in [-0.05, 0) is 17.7 Å². The molecule has 0 aliphatic rings. The van der Waals surface area contributed by atoms with Gasteiger partial charge in [-0.1, -0.05) is 12.1 Å². The zero-order chi connectivity index (χ0) is 8.69. The maximum atomic E-state index is 8.81. The van der Waals surface area contributed by atoms with Gasteiger partial charge in [-0.15, -0.1) is 0 Å². The molecule has 0 radical (unpaired) electrons. The van der Waals surface area contributed by atoms with E-state index < -0.39 is 0 Å². The van der Waals surface area contributed by atoms with E-state index in [1.165, 1.54) is 0 Å². The molecule has 0 spiro atoms. The third-order valence-corrected chi connectivity index (χ3v) is 1.17. The Morgan fingerprint density at radius 3 is 2.00 bits per heavy atom. The maximum absolute atomic E-state index is 8.81. The molecule has 11 heavy (non-hydrogen) atoms. The molecular formula is C7H10BrNO2. The smallest absolute Gasteiger partial charge is 0.115 e. The number of hydrogen-bond donors (Lipinski definition) is 3. The Labute approximate surface area is 73.9 Å². The highest BCUT2D eigenvalue weighted by Gasteiger charge is 1.86. The van der Waals surface area contributed by atoms with Gasteiger partial charge in [0.1, 0.15) is 5.75 Å². The molecule has 1 rings (SSSR count). The Morgan fingerprint density at radius 1 is 1.18 bits per heavy atom. The van der Waals surface area contributed by atoms with Gasteiger partial charge in [-0.25, -0.2) is 0 Å². The third kappa shape index (κ3) is 3.98. The fourth-order valence-electron chi connectivity index (χ4n) is 0.632. The molecule has 0 saturated carbocycles. The molecule has 0 aromatic heterocycles. The molecule has 0 saturated heterocycles. The second-order valence-corrected chi connectivity index (χ2v) is 1.87. The highest BCUT2D eigenvalue weighted by atomic mass is 79.9. The molecular weight excluding hydrogens is 210 g/mol. The van der Waals surface area contributed by atoms with Crippen molar-refractivity contribution >= 4 is 16.3 Å². The number of aromatic hydroxyl groups is 1. The quantitative estimate of drug-likeness (QED) is 0.664. The highest BCUT2D eigenvalue weighted by molar-refractivity contribution is 9.05. The van der Waals surface area contributed by atoms with Crippen LogP contribution in [0.25, 0.3) is 0 Å². The first-order valence-corrected chi connectivity index (χ1v) is 3.69. The second kappa shape index (κ2) is 6.15. The van der Waals surface area contributed by atoms with E-state index in [1.807, 2.05) is 16.3 Å². The van der Waals surface area contributed by atoms with E-state index in [9.17, 15) is 0 Å². The summed E-state index contributed by atoms with van der Waals surface area (Å²) >= 11 is 1.94. The number of hydrogen-bond acceptors (Lipinski definition) is 3. The lowest BCUT2D eigenvalue weighted by molar-refractivity contribution is 0.475. The van der Waals surface area contributed by atoms with Gasteiger partial charge in [0.25, 0.3) is 0 Å². The average molecular weight is 220 g/mol. The van der Waals surface area contributed by atoms with Gasteiger partial charge >= 0.3 is 0 Å². The summed E-state index contributed by atoms with van der Waals surface area (Å²) in [5.74, 6) is 0.284. The summed E-state index contributed by atoms with van der Waals surface area (Å²) in [6.07, 6.45) is 0. The van der Waals surface area contributed by atoms with E-state index in [0.29, 0.717) is 6.54 Å². The summed E-state index contributed by atoms with van der Waals surface area (Å²) in [7, 11) is 0. The third-order valence-electron chi connectivity index (χ3n) is 1.17. The van der Waals surface area contributed by atoms with Crippen molar-refractivity contribution in [1.82, 2.24) is 0 Å². The van der Waals surface area contributed by atoms with E-state index in [1.54, 1.807) is 24.3 Å². The van der Waals surface area contributed by atoms with Crippen molar-refractivity contribution in [2.45, 2.75) is 6.54 Å². The van der Waals surface area contributed by atoms with Crippen LogP contribution in [0.2, 0.25) is 0 Å². The molecule has 62 valence electrons. The Bertz CT molecular complexity index is 188. The molecule has 0 amide bonds. The van der Waals surface area contributed by atoms with Crippen LogP contribution in [0, 0.1) is 0 Å². The van der Waals surface area contributed by atoms with Gasteiger partial charge in [0, 0.05) is 6.54 Å². The summed E-state index contributed by atoms with van der Waals surface area (Å²) in [4.78, 5) is 0. The number of benzene rings is 1. The molecule has 1 aromatic carbocycles. The van der Waals surface area contributed by atoms with Crippen LogP contribution in [-0.4, -0.2) is 9.30 Å². The Morgan fingerprint density at radius 2 is 1.64 bits per heavy atom. The number of nitrogens with two attached hydrogens (primary N) is 1. The van der Waals surface area contributed by atoms with Crippen LogP contribution in [0.4, 0.5) is 0 Å². The van der Waals surface area contributed by atoms with Gasteiger partial charge in [0.15, 0.2) is 0 Å². The molecule has 1 aromatic rings. The van der Waals surface area contributed by atoms with E-state index in [2.05, 4.69) is 0 Å². The Hall–Kier alpha value is -0.580. The highest BCUT2D eigenvalue weighted by Crippen LogP contribution is 2.08. The van der Waals surface area contributed by atoms with Crippen LogP contribution in [0.3, 0.4) is 0 Å². The molecule has 0 unspecified atom stereocenters. The first-order chi connectivity index (χ1) is 5.33. The molecule has 0 atom stereocenters. The molecule has 0 fully saturated rings. The van der Waals surface area contributed by atoms with E-state index in [4.69, 9.17) is 15.0 Å². The lowest BCUT2D eigenvalue weighted by atomic mass is 10.2. The van der Waals surface area contributed by atoms with Crippen molar-refractivity contribution in [2.24, 2.45) is 5.73 Å². The van der Waals surface area contributed by atoms with Gasteiger partial charge in [0.05, 0.1) is 16.3 Å². The Kier molecular flexibility index (Phi) is 5.83. The summed E-state index contributed by atoms with van der Waals surface area (Å²) in [6.45, 7) is 0.528. The summed E-state index contributed by atoms with van der Waals surface area (Å²) in [6, 6.07) is 6.86.